The van der Waals surface area contributed by atoms with E-state index in [2.05, 4.69) is 21.2 Å². The van der Waals surface area contributed by atoms with Gasteiger partial charge in [-0.25, -0.2) is 0 Å². The minimum absolute atomic E-state index is 0. The van der Waals surface area contributed by atoms with Gasteiger partial charge in [-0.15, -0.1) is 12.4 Å². The van der Waals surface area contributed by atoms with Crippen molar-refractivity contribution in [2.75, 3.05) is 7.11 Å². The zero-order valence-corrected chi connectivity index (χ0v) is 16.3. The first-order chi connectivity index (χ1) is 10.9. The second-order valence-electron chi connectivity index (χ2n) is 5.65. The lowest BCUT2D eigenvalue weighted by atomic mass is 9.91. The number of hydrogen-bond acceptors (Lipinski definition) is 3. The third kappa shape index (κ3) is 4.50. The topological polar surface area (TPSA) is 64.3 Å². The molecule has 2 atom stereocenters. The summed E-state index contributed by atoms with van der Waals surface area (Å²) in [5, 5.41) is 2.97. The van der Waals surface area contributed by atoms with E-state index < -0.39 is 5.54 Å². The van der Waals surface area contributed by atoms with Gasteiger partial charge in [0, 0.05) is 10.0 Å². The van der Waals surface area contributed by atoms with Crippen molar-refractivity contribution >= 4 is 34.2 Å². The molecule has 2 aromatic carbocycles. The number of halogens is 2. The third-order valence-electron chi connectivity index (χ3n) is 3.87. The number of nitrogens with two attached hydrogens (primary N) is 1. The summed E-state index contributed by atoms with van der Waals surface area (Å²) >= 11 is 3.38. The average Bonchev–Trinajstić information content (AvgIpc) is 2.55. The molecule has 0 radical (unpaired) electrons. The Hall–Kier alpha value is -1.56. The SMILES string of the molecule is COc1ccccc1C(C)NC(=O)C(C)(N)c1ccc(Br)cc1.Cl. The summed E-state index contributed by atoms with van der Waals surface area (Å²) in [4.78, 5) is 12.6. The molecule has 0 aliphatic rings. The molecule has 0 saturated heterocycles. The van der Waals surface area contributed by atoms with Crippen LogP contribution in [0, 0.1) is 0 Å². The first kappa shape index (κ1) is 20.5. The quantitative estimate of drug-likeness (QED) is 0.780. The minimum atomic E-state index is -1.11. The summed E-state index contributed by atoms with van der Waals surface area (Å²) in [6.45, 7) is 3.62. The minimum Gasteiger partial charge on any atom is -0.496 e. The van der Waals surface area contributed by atoms with Crippen molar-refractivity contribution in [1.82, 2.24) is 5.32 Å². The van der Waals surface area contributed by atoms with Crippen LogP contribution in [0.4, 0.5) is 0 Å². The van der Waals surface area contributed by atoms with Gasteiger partial charge >= 0.3 is 0 Å². The Kier molecular flexibility index (Phi) is 7.27. The molecule has 2 aromatic rings. The van der Waals surface area contributed by atoms with E-state index in [1.807, 2.05) is 55.5 Å². The lowest BCUT2D eigenvalue weighted by Crippen LogP contribution is -2.49. The van der Waals surface area contributed by atoms with Gasteiger partial charge in [-0.05, 0) is 37.6 Å². The molecule has 3 N–H and O–H groups in total. The van der Waals surface area contributed by atoms with Crippen LogP contribution in [0.5, 0.6) is 5.75 Å². The van der Waals surface area contributed by atoms with Crippen molar-refractivity contribution in [2.24, 2.45) is 5.73 Å². The van der Waals surface area contributed by atoms with Crippen LogP contribution >= 0.6 is 28.3 Å². The van der Waals surface area contributed by atoms with Gasteiger partial charge in [-0.2, -0.15) is 0 Å². The lowest BCUT2D eigenvalue weighted by Gasteiger charge is -2.27. The van der Waals surface area contributed by atoms with E-state index in [4.69, 9.17) is 10.5 Å². The fourth-order valence-corrected chi connectivity index (χ4v) is 2.64. The highest BCUT2D eigenvalue weighted by Crippen LogP contribution is 2.26. The summed E-state index contributed by atoms with van der Waals surface area (Å²) in [6, 6.07) is 14.8. The van der Waals surface area contributed by atoms with Crippen LogP contribution in [0.1, 0.15) is 31.0 Å². The Morgan fingerprint density at radius 1 is 1.21 bits per heavy atom. The van der Waals surface area contributed by atoms with Gasteiger partial charge in [0.05, 0.1) is 13.2 Å². The van der Waals surface area contributed by atoms with Crippen LogP contribution in [0.3, 0.4) is 0 Å². The van der Waals surface area contributed by atoms with Crippen LogP contribution in [0.15, 0.2) is 53.0 Å². The second kappa shape index (κ2) is 8.51. The molecule has 0 spiro atoms. The van der Waals surface area contributed by atoms with Crippen LogP contribution < -0.4 is 15.8 Å². The van der Waals surface area contributed by atoms with Crippen molar-refractivity contribution in [3.05, 3.63) is 64.1 Å². The van der Waals surface area contributed by atoms with Crippen molar-refractivity contribution in [1.29, 1.82) is 0 Å². The normalized spacial score (nSPS) is 14.0. The monoisotopic (exact) mass is 412 g/mol. The molecule has 0 fully saturated rings. The molecule has 0 saturated carbocycles. The maximum atomic E-state index is 12.6. The molecule has 130 valence electrons. The van der Waals surface area contributed by atoms with Gasteiger partial charge in [0.2, 0.25) is 5.91 Å². The maximum Gasteiger partial charge on any atom is 0.244 e. The maximum absolute atomic E-state index is 12.6. The highest BCUT2D eigenvalue weighted by atomic mass is 79.9. The molecule has 0 heterocycles. The zero-order chi connectivity index (χ0) is 17.0. The number of carbonyl (C=O) groups is 1. The zero-order valence-electron chi connectivity index (χ0n) is 13.9. The predicted molar refractivity (Wildman–Crippen MR) is 102 cm³/mol. The fourth-order valence-electron chi connectivity index (χ4n) is 2.38. The third-order valence-corrected chi connectivity index (χ3v) is 4.40. The standard InChI is InChI=1S/C18H21BrN2O2.ClH/c1-12(15-6-4-5-7-16(15)23-3)21-17(22)18(2,20)13-8-10-14(19)11-9-13;/h4-12H,20H2,1-3H3,(H,21,22);1H. The molecule has 0 bridgehead atoms. The number of para-hydroxylation sites is 1. The number of rotatable bonds is 5. The van der Waals surface area contributed by atoms with Gasteiger partial charge in [0.15, 0.2) is 0 Å². The Morgan fingerprint density at radius 3 is 2.38 bits per heavy atom. The van der Waals surface area contributed by atoms with E-state index in [1.54, 1.807) is 14.0 Å². The Balaban J connectivity index is 0.00000288. The van der Waals surface area contributed by atoms with Crippen LogP contribution in [-0.2, 0) is 10.3 Å². The predicted octanol–water partition coefficient (Wildman–Crippen LogP) is 3.93. The summed E-state index contributed by atoms with van der Waals surface area (Å²) in [5.41, 5.74) is 6.82. The molecule has 4 nitrogen and oxygen atoms in total. The number of nitrogens with one attached hydrogen (secondary N) is 1. The molecular weight excluding hydrogens is 392 g/mol. The number of hydrogen-bond donors (Lipinski definition) is 2. The number of amides is 1. The Bertz CT molecular complexity index is 690. The van der Waals surface area contributed by atoms with E-state index in [0.29, 0.717) is 0 Å². The van der Waals surface area contributed by atoms with Crippen LogP contribution in [0.2, 0.25) is 0 Å². The van der Waals surface area contributed by atoms with E-state index in [-0.39, 0.29) is 24.4 Å². The molecule has 2 rings (SSSR count). The van der Waals surface area contributed by atoms with Crippen molar-refractivity contribution in [3.63, 3.8) is 0 Å². The second-order valence-corrected chi connectivity index (χ2v) is 6.56. The van der Waals surface area contributed by atoms with Gasteiger partial charge in [-0.1, -0.05) is 46.3 Å². The van der Waals surface area contributed by atoms with Crippen LogP contribution in [-0.4, -0.2) is 13.0 Å². The van der Waals surface area contributed by atoms with Crippen molar-refractivity contribution in [2.45, 2.75) is 25.4 Å². The highest BCUT2D eigenvalue weighted by molar-refractivity contribution is 9.10. The molecule has 24 heavy (non-hydrogen) atoms. The summed E-state index contributed by atoms with van der Waals surface area (Å²) in [5.74, 6) is 0.501. The first-order valence-electron chi connectivity index (χ1n) is 7.35. The fraction of sp³-hybridized carbons (Fsp3) is 0.278. The molecule has 2 unspecified atom stereocenters. The lowest BCUT2D eigenvalue weighted by molar-refractivity contribution is -0.126. The van der Waals surface area contributed by atoms with Gasteiger partial charge in [-0.3, -0.25) is 4.79 Å². The van der Waals surface area contributed by atoms with Gasteiger partial charge < -0.3 is 15.8 Å². The molecular formula is C18H22BrClN2O2. The van der Waals surface area contributed by atoms with E-state index >= 15 is 0 Å². The summed E-state index contributed by atoms with van der Waals surface area (Å²) < 4.78 is 6.29. The smallest absolute Gasteiger partial charge is 0.244 e. The first-order valence-corrected chi connectivity index (χ1v) is 8.14. The molecule has 0 aromatic heterocycles. The van der Waals surface area contributed by atoms with Crippen molar-refractivity contribution < 1.29 is 9.53 Å². The van der Waals surface area contributed by atoms with E-state index in [9.17, 15) is 4.79 Å². The average molecular weight is 414 g/mol. The van der Waals surface area contributed by atoms with E-state index in [1.165, 1.54) is 0 Å². The number of ether oxygens (including phenoxy) is 1. The Labute approximate surface area is 157 Å². The molecule has 0 aliphatic heterocycles. The molecule has 1 amide bonds. The van der Waals surface area contributed by atoms with Gasteiger partial charge in [0.1, 0.15) is 11.3 Å². The number of carbonyl (C=O) groups excluding carboxylic acids is 1. The number of methoxy groups -OCH3 is 1. The van der Waals surface area contributed by atoms with Crippen molar-refractivity contribution in [3.8, 4) is 5.75 Å². The van der Waals surface area contributed by atoms with Gasteiger partial charge in [0.25, 0.3) is 0 Å². The molecule has 0 aliphatic carbocycles. The number of benzene rings is 2. The molecule has 6 heteroatoms. The summed E-state index contributed by atoms with van der Waals surface area (Å²) in [7, 11) is 1.61. The van der Waals surface area contributed by atoms with E-state index in [0.717, 1.165) is 21.3 Å². The highest BCUT2D eigenvalue weighted by Gasteiger charge is 2.31. The van der Waals surface area contributed by atoms with Crippen LogP contribution in [0.25, 0.3) is 0 Å². The Morgan fingerprint density at radius 2 is 1.79 bits per heavy atom. The summed E-state index contributed by atoms with van der Waals surface area (Å²) in [6.07, 6.45) is 0. The largest absolute Gasteiger partial charge is 0.496 e.